The van der Waals surface area contributed by atoms with Gasteiger partial charge in [-0.3, -0.25) is 4.79 Å². The van der Waals surface area contributed by atoms with Gasteiger partial charge in [0.15, 0.2) is 11.5 Å². The average Bonchev–Trinajstić information content (AvgIpc) is 3.22. The van der Waals surface area contributed by atoms with Crippen LogP contribution in [0.3, 0.4) is 0 Å². The summed E-state index contributed by atoms with van der Waals surface area (Å²) in [5, 5.41) is 2.91. The first kappa shape index (κ1) is 17.9. The SMILES string of the molecule is CCN(c1ccccc1)c1ccc(C(=O)NCc2ccc3c(c2)OCO3)cn1. The van der Waals surface area contributed by atoms with Crippen LogP contribution in [0, 0.1) is 0 Å². The number of carbonyl (C=O) groups is 1. The van der Waals surface area contributed by atoms with Gasteiger partial charge in [-0.25, -0.2) is 4.98 Å². The van der Waals surface area contributed by atoms with Crippen LogP contribution in [-0.2, 0) is 6.54 Å². The van der Waals surface area contributed by atoms with Crippen molar-refractivity contribution in [3.63, 3.8) is 0 Å². The van der Waals surface area contributed by atoms with Gasteiger partial charge in [-0.15, -0.1) is 0 Å². The summed E-state index contributed by atoms with van der Waals surface area (Å²) < 4.78 is 10.7. The third-order valence-electron chi connectivity index (χ3n) is 4.56. The molecule has 0 unspecified atom stereocenters. The Morgan fingerprint density at radius 2 is 1.89 bits per heavy atom. The van der Waals surface area contributed by atoms with Crippen molar-refractivity contribution in [2.24, 2.45) is 0 Å². The molecule has 6 heteroatoms. The number of nitrogens with zero attached hydrogens (tertiary/aromatic N) is 2. The number of pyridine rings is 1. The molecule has 1 aliphatic heterocycles. The lowest BCUT2D eigenvalue weighted by atomic mass is 10.2. The zero-order valence-corrected chi connectivity index (χ0v) is 15.6. The van der Waals surface area contributed by atoms with Crippen LogP contribution in [0.15, 0.2) is 66.9 Å². The number of hydrogen-bond donors (Lipinski definition) is 1. The van der Waals surface area contributed by atoms with E-state index in [1.807, 2.05) is 54.6 Å². The van der Waals surface area contributed by atoms with E-state index in [2.05, 4.69) is 22.1 Å². The number of nitrogens with one attached hydrogen (secondary N) is 1. The van der Waals surface area contributed by atoms with Gasteiger partial charge in [0.25, 0.3) is 5.91 Å². The second kappa shape index (κ2) is 8.00. The Hall–Kier alpha value is -3.54. The van der Waals surface area contributed by atoms with E-state index in [1.54, 1.807) is 12.3 Å². The molecule has 1 N–H and O–H groups in total. The topological polar surface area (TPSA) is 63.7 Å². The molecule has 0 spiro atoms. The number of anilines is 2. The Morgan fingerprint density at radius 3 is 2.64 bits per heavy atom. The lowest BCUT2D eigenvalue weighted by molar-refractivity contribution is 0.0950. The molecule has 3 aromatic rings. The molecule has 0 saturated carbocycles. The fourth-order valence-electron chi connectivity index (χ4n) is 3.10. The van der Waals surface area contributed by atoms with Gasteiger partial charge >= 0.3 is 0 Å². The number of aromatic nitrogens is 1. The first-order valence-corrected chi connectivity index (χ1v) is 9.20. The van der Waals surface area contributed by atoms with Gasteiger partial charge < -0.3 is 19.7 Å². The average molecular weight is 375 g/mol. The maximum absolute atomic E-state index is 12.5. The van der Waals surface area contributed by atoms with Crippen LogP contribution in [0.2, 0.25) is 0 Å². The van der Waals surface area contributed by atoms with Crippen molar-refractivity contribution in [3.05, 3.63) is 78.0 Å². The second-order valence-electron chi connectivity index (χ2n) is 6.36. The summed E-state index contributed by atoms with van der Waals surface area (Å²) in [5.41, 5.74) is 2.54. The maximum Gasteiger partial charge on any atom is 0.253 e. The predicted octanol–water partition coefficient (Wildman–Crippen LogP) is 3.90. The first-order valence-electron chi connectivity index (χ1n) is 9.20. The van der Waals surface area contributed by atoms with Crippen LogP contribution in [0.5, 0.6) is 11.5 Å². The van der Waals surface area contributed by atoms with E-state index in [-0.39, 0.29) is 12.7 Å². The summed E-state index contributed by atoms with van der Waals surface area (Å²) in [7, 11) is 0. The molecule has 2 aromatic carbocycles. The van der Waals surface area contributed by atoms with Gasteiger partial charge in [-0.2, -0.15) is 0 Å². The molecule has 0 atom stereocenters. The Balaban J connectivity index is 1.41. The molecular formula is C22H21N3O3. The summed E-state index contributed by atoms with van der Waals surface area (Å²) in [6, 6.07) is 19.4. The minimum atomic E-state index is -0.167. The number of para-hydroxylation sites is 1. The molecule has 1 amide bonds. The first-order chi connectivity index (χ1) is 13.7. The third-order valence-corrected chi connectivity index (χ3v) is 4.56. The van der Waals surface area contributed by atoms with Crippen molar-refractivity contribution in [2.75, 3.05) is 18.2 Å². The van der Waals surface area contributed by atoms with Gasteiger partial charge in [0.1, 0.15) is 5.82 Å². The van der Waals surface area contributed by atoms with Crippen LogP contribution >= 0.6 is 0 Å². The largest absolute Gasteiger partial charge is 0.454 e. The van der Waals surface area contributed by atoms with Gasteiger partial charge in [0.05, 0.1) is 5.56 Å². The van der Waals surface area contributed by atoms with Gasteiger partial charge in [0.2, 0.25) is 6.79 Å². The Morgan fingerprint density at radius 1 is 1.07 bits per heavy atom. The summed E-state index contributed by atoms with van der Waals surface area (Å²) in [4.78, 5) is 19.0. The van der Waals surface area contributed by atoms with Crippen molar-refractivity contribution in [1.29, 1.82) is 0 Å². The molecule has 1 aliphatic rings. The molecule has 2 heterocycles. The third kappa shape index (κ3) is 3.76. The fourth-order valence-corrected chi connectivity index (χ4v) is 3.10. The number of amides is 1. The monoisotopic (exact) mass is 375 g/mol. The number of carbonyl (C=O) groups excluding carboxylic acids is 1. The zero-order chi connectivity index (χ0) is 19.3. The van der Waals surface area contributed by atoms with E-state index in [0.29, 0.717) is 17.9 Å². The number of fused-ring (bicyclic) bond motifs is 1. The summed E-state index contributed by atoms with van der Waals surface area (Å²) in [5.74, 6) is 2.08. The fraction of sp³-hybridized carbons (Fsp3) is 0.182. The van der Waals surface area contributed by atoms with E-state index in [0.717, 1.165) is 29.4 Å². The van der Waals surface area contributed by atoms with Crippen LogP contribution in [0.4, 0.5) is 11.5 Å². The van der Waals surface area contributed by atoms with E-state index in [1.165, 1.54) is 0 Å². The maximum atomic E-state index is 12.5. The van der Waals surface area contributed by atoms with Crippen molar-refractivity contribution in [3.8, 4) is 11.5 Å². The number of benzene rings is 2. The summed E-state index contributed by atoms with van der Waals surface area (Å²) >= 11 is 0. The van der Waals surface area contributed by atoms with Crippen molar-refractivity contribution >= 4 is 17.4 Å². The van der Waals surface area contributed by atoms with E-state index >= 15 is 0 Å². The normalized spacial score (nSPS) is 11.9. The second-order valence-corrected chi connectivity index (χ2v) is 6.36. The van der Waals surface area contributed by atoms with E-state index < -0.39 is 0 Å². The smallest absolute Gasteiger partial charge is 0.253 e. The predicted molar refractivity (Wildman–Crippen MR) is 107 cm³/mol. The molecule has 1 aromatic heterocycles. The molecule has 0 saturated heterocycles. The highest BCUT2D eigenvalue weighted by atomic mass is 16.7. The van der Waals surface area contributed by atoms with Crippen LogP contribution in [0.1, 0.15) is 22.8 Å². The molecule has 28 heavy (non-hydrogen) atoms. The molecule has 0 aliphatic carbocycles. The zero-order valence-electron chi connectivity index (χ0n) is 15.6. The van der Waals surface area contributed by atoms with Crippen LogP contribution < -0.4 is 19.7 Å². The highest BCUT2D eigenvalue weighted by Gasteiger charge is 2.14. The minimum absolute atomic E-state index is 0.167. The summed E-state index contributed by atoms with van der Waals surface area (Å²) in [6.45, 7) is 3.50. The highest BCUT2D eigenvalue weighted by molar-refractivity contribution is 5.94. The Bertz CT molecular complexity index is 959. The lowest BCUT2D eigenvalue weighted by Gasteiger charge is -2.22. The van der Waals surface area contributed by atoms with Gasteiger partial charge in [-0.1, -0.05) is 24.3 Å². The van der Waals surface area contributed by atoms with Crippen LogP contribution in [-0.4, -0.2) is 24.2 Å². The van der Waals surface area contributed by atoms with Crippen molar-refractivity contribution in [1.82, 2.24) is 10.3 Å². The molecule has 0 radical (unpaired) electrons. The van der Waals surface area contributed by atoms with Gasteiger partial charge in [-0.05, 0) is 48.9 Å². The Labute approximate surface area is 163 Å². The highest BCUT2D eigenvalue weighted by Crippen LogP contribution is 2.32. The lowest BCUT2D eigenvalue weighted by Crippen LogP contribution is -2.23. The summed E-state index contributed by atoms with van der Waals surface area (Å²) in [6.07, 6.45) is 1.61. The van der Waals surface area contributed by atoms with E-state index in [9.17, 15) is 4.79 Å². The molecule has 0 fully saturated rings. The van der Waals surface area contributed by atoms with Crippen LogP contribution in [0.25, 0.3) is 0 Å². The molecular weight excluding hydrogens is 354 g/mol. The molecule has 142 valence electrons. The minimum Gasteiger partial charge on any atom is -0.454 e. The number of ether oxygens (including phenoxy) is 2. The standard InChI is InChI=1S/C22H21N3O3/c1-2-25(18-6-4-3-5-7-18)21-11-9-17(14-23-21)22(26)24-13-16-8-10-19-20(12-16)28-15-27-19/h3-12,14H,2,13,15H2,1H3,(H,24,26). The Kier molecular flexibility index (Phi) is 5.10. The van der Waals surface area contributed by atoms with Crippen molar-refractivity contribution < 1.29 is 14.3 Å². The number of rotatable bonds is 6. The van der Waals surface area contributed by atoms with Crippen molar-refractivity contribution in [2.45, 2.75) is 13.5 Å². The quantitative estimate of drug-likeness (QED) is 0.708. The molecule has 6 nitrogen and oxygen atoms in total. The molecule has 0 bridgehead atoms. The van der Waals surface area contributed by atoms with E-state index in [4.69, 9.17) is 9.47 Å². The number of hydrogen-bond acceptors (Lipinski definition) is 5. The molecule has 4 rings (SSSR count). The van der Waals surface area contributed by atoms with Gasteiger partial charge in [0, 0.05) is 25.0 Å².